The van der Waals surface area contributed by atoms with Gasteiger partial charge in [0.25, 0.3) is 0 Å². The van der Waals surface area contributed by atoms with Gasteiger partial charge in [-0.25, -0.2) is 0 Å². The van der Waals surface area contributed by atoms with Crippen LogP contribution in [0.2, 0.25) is 0 Å². The van der Waals surface area contributed by atoms with E-state index in [1.165, 1.54) is 6.92 Å². The van der Waals surface area contributed by atoms with E-state index in [9.17, 15) is 4.79 Å². The zero-order valence-corrected chi connectivity index (χ0v) is 13.2. The molecule has 2 heterocycles. The summed E-state index contributed by atoms with van der Waals surface area (Å²) in [7, 11) is -0.489. The normalized spacial score (nSPS) is 20.6. The van der Waals surface area contributed by atoms with Gasteiger partial charge in [-0.3, -0.25) is 9.89 Å². The minimum atomic E-state index is -0.489. The molecule has 21 heavy (non-hydrogen) atoms. The molecular formula is C14H22BN3O3. The Morgan fingerprint density at radius 2 is 2.00 bits per heavy atom. The van der Waals surface area contributed by atoms with Crippen molar-refractivity contribution in [2.45, 2.75) is 45.8 Å². The molecule has 2 rings (SSSR count). The molecule has 0 radical (unpaired) electrons. The van der Waals surface area contributed by atoms with Crippen molar-refractivity contribution in [2.24, 2.45) is 0 Å². The molecule has 0 bridgehead atoms. The molecule has 1 aromatic heterocycles. The van der Waals surface area contributed by atoms with Gasteiger partial charge in [-0.2, -0.15) is 5.10 Å². The molecule has 0 aliphatic carbocycles. The van der Waals surface area contributed by atoms with Crippen molar-refractivity contribution < 1.29 is 14.1 Å². The lowest BCUT2D eigenvalue weighted by Crippen LogP contribution is -2.41. The van der Waals surface area contributed by atoms with Gasteiger partial charge in [0.15, 0.2) is 0 Å². The first-order valence-corrected chi connectivity index (χ1v) is 7.00. The number of carbonyl (C=O) groups excluding carboxylic acids is 1. The van der Waals surface area contributed by atoms with Gasteiger partial charge in [0.1, 0.15) is 0 Å². The van der Waals surface area contributed by atoms with Crippen LogP contribution in [0.3, 0.4) is 0 Å². The van der Waals surface area contributed by atoms with Crippen LogP contribution in [0.4, 0.5) is 0 Å². The third-order valence-electron chi connectivity index (χ3n) is 3.97. The van der Waals surface area contributed by atoms with Crippen LogP contribution in [0.5, 0.6) is 0 Å². The van der Waals surface area contributed by atoms with E-state index >= 15 is 0 Å². The molecule has 1 amide bonds. The van der Waals surface area contributed by atoms with Gasteiger partial charge in [-0.05, 0) is 33.2 Å². The van der Waals surface area contributed by atoms with Crippen molar-refractivity contribution in [3.8, 4) is 0 Å². The molecule has 1 aliphatic rings. The van der Waals surface area contributed by atoms with Crippen molar-refractivity contribution in [1.29, 1.82) is 0 Å². The van der Waals surface area contributed by atoms with Crippen LogP contribution >= 0.6 is 0 Å². The van der Waals surface area contributed by atoms with Crippen LogP contribution in [-0.2, 0) is 14.1 Å². The SMILES string of the molecule is CC(=O)NCC(=Cc1cn[nH]c1)B1OC(C)(C)C(C)(C)O1. The number of aromatic nitrogens is 2. The Kier molecular flexibility index (Phi) is 4.25. The van der Waals surface area contributed by atoms with E-state index in [-0.39, 0.29) is 5.91 Å². The average Bonchev–Trinajstić information content (AvgIpc) is 2.91. The van der Waals surface area contributed by atoms with Gasteiger partial charge in [0.05, 0.1) is 17.4 Å². The Morgan fingerprint density at radius 3 is 2.48 bits per heavy atom. The summed E-state index contributed by atoms with van der Waals surface area (Å²) >= 11 is 0. The number of aromatic amines is 1. The maximum Gasteiger partial charge on any atom is 0.492 e. The van der Waals surface area contributed by atoms with Crippen LogP contribution in [0.15, 0.2) is 17.9 Å². The third kappa shape index (κ3) is 3.54. The highest BCUT2D eigenvalue weighted by Crippen LogP contribution is 2.38. The minimum Gasteiger partial charge on any atom is -0.400 e. The highest BCUT2D eigenvalue weighted by Gasteiger charge is 2.52. The van der Waals surface area contributed by atoms with Crippen molar-refractivity contribution in [2.75, 3.05) is 6.54 Å². The molecular weight excluding hydrogens is 269 g/mol. The molecule has 6 nitrogen and oxygen atoms in total. The summed E-state index contributed by atoms with van der Waals surface area (Å²) in [5.74, 6) is -0.0930. The first-order chi connectivity index (χ1) is 9.71. The van der Waals surface area contributed by atoms with E-state index in [1.54, 1.807) is 12.4 Å². The van der Waals surface area contributed by atoms with E-state index < -0.39 is 18.3 Å². The lowest BCUT2D eigenvalue weighted by Gasteiger charge is -2.32. The van der Waals surface area contributed by atoms with Crippen LogP contribution in [0, 0.1) is 0 Å². The fraction of sp³-hybridized carbons (Fsp3) is 0.571. The first kappa shape index (κ1) is 15.8. The maximum absolute atomic E-state index is 11.2. The number of nitrogens with zero attached hydrogens (tertiary/aromatic N) is 1. The fourth-order valence-electron chi connectivity index (χ4n) is 1.98. The fourth-order valence-corrected chi connectivity index (χ4v) is 1.98. The summed E-state index contributed by atoms with van der Waals surface area (Å²) in [6.07, 6.45) is 5.40. The van der Waals surface area contributed by atoms with Crippen molar-refractivity contribution in [3.05, 3.63) is 23.4 Å². The molecule has 2 N–H and O–H groups in total. The van der Waals surface area contributed by atoms with E-state index in [0.29, 0.717) is 6.54 Å². The minimum absolute atomic E-state index is 0.0930. The molecule has 1 saturated heterocycles. The van der Waals surface area contributed by atoms with Gasteiger partial charge >= 0.3 is 7.12 Å². The number of carbonyl (C=O) groups is 1. The van der Waals surface area contributed by atoms with Crippen molar-refractivity contribution in [3.63, 3.8) is 0 Å². The Balaban J connectivity index is 2.22. The Morgan fingerprint density at radius 1 is 1.38 bits per heavy atom. The maximum atomic E-state index is 11.2. The topological polar surface area (TPSA) is 76.2 Å². The number of amides is 1. The lowest BCUT2D eigenvalue weighted by atomic mass is 9.77. The van der Waals surface area contributed by atoms with Gasteiger partial charge in [0, 0.05) is 25.2 Å². The molecule has 0 unspecified atom stereocenters. The summed E-state index contributed by atoms with van der Waals surface area (Å²) in [5, 5.41) is 9.47. The first-order valence-electron chi connectivity index (χ1n) is 7.00. The number of rotatable bonds is 4. The zero-order valence-electron chi connectivity index (χ0n) is 13.2. The van der Waals surface area contributed by atoms with Gasteiger partial charge < -0.3 is 14.6 Å². The molecule has 1 aromatic rings. The highest BCUT2D eigenvalue weighted by atomic mass is 16.7. The predicted molar refractivity (Wildman–Crippen MR) is 81.3 cm³/mol. The second-order valence-electron chi connectivity index (χ2n) is 6.25. The summed E-state index contributed by atoms with van der Waals surface area (Å²) in [6, 6.07) is 0. The highest BCUT2D eigenvalue weighted by molar-refractivity contribution is 6.56. The van der Waals surface area contributed by atoms with E-state index in [2.05, 4.69) is 15.5 Å². The second kappa shape index (κ2) is 5.65. The number of H-pyrrole nitrogens is 1. The quantitative estimate of drug-likeness (QED) is 0.825. The van der Waals surface area contributed by atoms with E-state index in [1.807, 2.05) is 33.8 Å². The van der Waals surface area contributed by atoms with Crippen LogP contribution in [0.25, 0.3) is 6.08 Å². The zero-order chi connectivity index (χ0) is 15.7. The van der Waals surface area contributed by atoms with Crippen LogP contribution < -0.4 is 5.32 Å². The molecule has 0 saturated carbocycles. The Hall–Kier alpha value is -1.60. The van der Waals surface area contributed by atoms with E-state index in [0.717, 1.165) is 11.0 Å². The molecule has 0 aromatic carbocycles. The number of hydrogen-bond acceptors (Lipinski definition) is 4. The molecule has 114 valence electrons. The predicted octanol–water partition coefficient (Wildman–Crippen LogP) is 1.56. The van der Waals surface area contributed by atoms with Gasteiger partial charge in [0.2, 0.25) is 5.91 Å². The summed E-state index contributed by atoms with van der Waals surface area (Å²) in [4.78, 5) is 11.2. The average molecular weight is 291 g/mol. The van der Waals surface area contributed by atoms with Crippen LogP contribution in [0.1, 0.15) is 40.2 Å². The molecule has 7 heteroatoms. The smallest absolute Gasteiger partial charge is 0.400 e. The largest absolute Gasteiger partial charge is 0.492 e. The summed E-state index contributed by atoms with van der Waals surface area (Å²) < 4.78 is 12.1. The van der Waals surface area contributed by atoms with Gasteiger partial charge in [-0.1, -0.05) is 6.08 Å². The molecule has 1 fully saturated rings. The third-order valence-corrected chi connectivity index (χ3v) is 3.97. The second-order valence-corrected chi connectivity index (χ2v) is 6.25. The Labute approximate surface area is 125 Å². The molecule has 0 atom stereocenters. The van der Waals surface area contributed by atoms with E-state index in [4.69, 9.17) is 9.31 Å². The molecule has 1 aliphatic heterocycles. The monoisotopic (exact) mass is 291 g/mol. The van der Waals surface area contributed by atoms with Crippen molar-refractivity contribution >= 4 is 19.1 Å². The summed E-state index contributed by atoms with van der Waals surface area (Å²) in [6.45, 7) is 9.86. The lowest BCUT2D eigenvalue weighted by molar-refractivity contribution is -0.118. The Bertz CT molecular complexity index is 522. The number of hydrogen-bond donors (Lipinski definition) is 2. The van der Waals surface area contributed by atoms with Crippen molar-refractivity contribution in [1.82, 2.24) is 15.5 Å². The van der Waals surface area contributed by atoms with Crippen LogP contribution in [-0.4, -0.2) is 41.0 Å². The van der Waals surface area contributed by atoms with Gasteiger partial charge in [-0.15, -0.1) is 0 Å². The number of nitrogens with one attached hydrogen (secondary N) is 2. The standard InChI is InChI=1S/C14H22BN3O3/c1-10(19)16-9-12(6-11-7-17-18-8-11)15-20-13(2,3)14(4,5)21-15/h6-8H,9H2,1-5H3,(H,16,19)(H,17,18). The molecule has 0 spiro atoms. The summed E-state index contributed by atoms with van der Waals surface area (Å²) in [5.41, 5.74) is 0.933.